The minimum atomic E-state index is -5.40. The van der Waals surface area contributed by atoms with Gasteiger partial charge in [0.25, 0.3) is 0 Å². The number of hydrogen-bond acceptors (Lipinski definition) is 1. The van der Waals surface area contributed by atoms with Crippen LogP contribution in [-0.2, 0) is 4.74 Å². The van der Waals surface area contributed by atoms with Crippen molar-refractivity contribution >= 4 is 0 Å². The summed E-state index contributed by atoms with van der Waals surface area (Å²) >= 11 is 0. The van der Waals surface area contributed by atoms with E-state index >= 15 is 0 Å². The largest absolute Gasteiger partial charge is 0.421 e. The van der Waals surface area contributed by atoms with Crippen LogP contribution in [0.3, 0.4) is 0 Å². The van der Waals surface area contributed by atoms with E-state index in [1.807, 2.05) is 0 Å². The Morgan fingerprint density at radius 3 is 1.64 bits per heavy atom. The van der Waals surface area contributed by atoms with E-state index in [1.54, 1.807) is 0 Å². The second-order valence-corrected chi connectivity index (χ2v) is 2.18. The van der Waals surface area contributed by atoms with Crippen LogP contribution in [-0.4, -0.2) is 31.5 Å². The summed E-state index contributed by atoms with van der Waals surface area (Å²) in [4.78, 5) is 0. The third kappa shape index (κ3) is 4.07. The van der Waals surface area contributed by atoms with E-state index in [1.165, 1.54) is 0 Å². The predicted octanol–water partition coefficient (Wildman–Crippen LogP) is 2.76. The summed E-state index contributed by atoms with van der Waals surface area (Å²) < 4.78 is 94.8. The van der Waals surface area contributed by atoms with E-state index in [0.29, 0.717) is 0 Å². The topological polar surface area (TPSA) is 9.23 Å². The van der Waals surface area contributed by atoms with Crippen molar-refractivity contribution in [3.63, 3.8) is 0 Å². The summed E-state index contributed by atoms with van der Waals surface area (Å²) in [6.07, 6.45) is -18.5. The second kappa shape index (κ2) is 4.28. The van der Waals surface area contributed by atoms with E-state index in [-0.39, 0.29) is 0 Å². The Morgan fingerprint density at radius 1 is 0.929 bits per heavy atom. The highest BCUT2D eigenvalue weighted by atomic mass is 19.4. The minimum Gasteiger partial charge on any atom is -0.313 e. The van der Waals surface area contributed by atoms with Crippen molar-refractivity contribution in [1.82, 2.24) is 0 Å². The molecule has 0 aliphatic rings. The summed E-state index contributed by atoms with van der Waals surface area (Å²) in [6, 6.07) is 0. The molecule has 0 amide bonds. The van der Waals surface area contributed by atoms with Gasteiger partial charge in [0.05, 0.1) is 6.61 Å². The lowest BCUT2D eigenvalue weighted by Gasteiger charge is -2.18. The van der Waals surface area contributed by atoms with Crippen molar-refractivity contribution in [3.05, 3.63) is 0 Å². The van der Waals surface area contributed by atoms with Gasteiger partial charge in [0.2, 0.25) is 6.17 Å². The van der Waals surface area contributed by atoms with Crippen LogP contribution in [0.2, 0.25) is 0 Å². The molecule has 0 heterocycles. The van der Waals surface area contributed by atoms with E-state index in [9.17, 15) is 35.1 Å². The fourth-order valence-electron chi connectivity index (χ4n) is 0.342. The van der Waals surface area contributed by atoms with Crippen LogP contribution < -0.4 is 0 Å². The fraction of sp³-hybridized carbons (Fsp3) is 1.00. The molecule has 9 heteroatoms. The quantitative estimate of drug-likeness (QED) is 0.677. The van der Waals surface area contributed by atoms with Crippen LogP contribution in [0.25, 0.3) is 0 Å². The Hall–Kier alpha value is -0.600. The predicted molar refractivity (Wildman–Crippen MR) is 27.9 cm³/mol. The van der Waals surface area contributed by atoms with Crippen molar-refractivity contribution < 1.29 is 39.9 Å². The van der Waals surface area contributed by atoms with Gasteiger partial charge in [-0.1, -0.05) is 0 Å². The lowest BCUT2D eigenvalue weighted by Crippen LogP contribution is -2.37. The maximum Gasteiger partial charge on any atom is 0.421 e. The molecular formula is C5H4F8O. The summed E-state index contributed by atoms with van der Waals surface area (Å²) in [7, 11) is 0. The maximum absolute atomic E-state index is 11.9. The number of alkyl halides is 8. The van der Waals surface area contributed by atoms with Gasteiger partial charge < -0.3 is 4.74 Å². The second-order valence-electron chi connectivity index (χ2n) is 2.18. The molecular weight excluding hydrogens is 228 g/mol. The van der Waals surface area contributed by atoms with Crippen molar-refractivity contribution in [2.75, 3.05) is 6.61 Å². The molecule has 0 aliphatic heterocycles. The van der Waals surface area contributed by atoms with E-state index in [0.717, 1.165) is 0 Å². The molecule has 0 radical (unpaired) electrons. The Balaban J connectivity index is 4.07. The fourth-order valence-corrected chi connectivity index (χ4v) is 0.342. The third-order valence-electron chi connectivity index (χ3n) is 1.03. The Morgan fingerprint density at radius 2 is 1.36 bits per heavy atom. The first-order valence-electron chi connectivity index (χ1n) is 3.08. The van der Waals surface area contributed by atoms with Gasteiger partial charge in [0.15, 0.2) is 0 Å². The molecule has 0 aromatic heterocycles. The number of rotatable bonds is 4. The molecule has 0 fully saturated rings. The first kappa shape index (κ1) is 13.4. The molecule has 1 nitrogen and oxygen atoms in total. The van der Waals surface area contributed by atoms with Crippen LogP contribution in [0.15, 0.2) is 0 Å². The number of hydrogen-bond donors (Lipinski definition) is 0. The first-order valence-corrected chi connectivity index (χ1v) is 3.08. The monoisotopic (exact) mass is 232 g/mol. The van der Waals surface area contributed by atoms with Crippen LogP contribution >= 0.6 is 0 Å². The smallest absolute Gasteiger partial charge is 0.313 e. The zero-order valence-corrected chi connectivity index (χ0v) is 6.29. The van der Waals surface area contributed by atoms with Crippen molar-refractivity contribution in [1.29, 1.82) is 0 Å². The number of ether oxygens (including phenoxy) is 1. The molecule has 1 atom stereocenters. The highest BCUT2D eigenvalue weighted by Crippen LogP contribution is 2.28. The average Bonchev–Trinajstić information content (AvgIpc) is 1.98. The van der Waals surface area contributed by atoms with E-state index < -0.39 is 31.5 Å². The normalized spacial score (nSPS) is 16.1. The lowest BCUT2D eigenvalue weighted by molar-refractivity contribution is -0.315. The zero-order chi connectivity index (χ0) is 11.6. The molecule has 0 rings (SSSR count). The Labute approximate surface area is 72.6 Å². The number of halogens is 8. The molecule has 0 spiro atoms. The molecule has 0 N–H and O–H groups in total. The Bertz CT molecular complexity index is 175. The van der Waals surface area contributed by atoms with E-state index in [2.05, 4.69) is 4.74 Å². The molecule has 0 bridgehead atoms. The van der Waals surface area contributed by atoms with Crippen LogP contribution in [0.1, 0.15) is 0 Å². The molecule has 86 valence electrons. The van der Waals surface area contributed by atoms with Gasteiger partial charge in [-0.25, -0.2) is 13.2 Å². The van der Waals surface area contributed by atoms with Crippen molar-refractivity contribution in [2.24, 2.45) is 0 Å². The standard InChI is InChI=1S/C5H4F8O/c6-2(4(9,10)11)1-14-5(12,13)3(7)8/h2-3H,1H2. The Kier molecular flexibility index (Phi) is 4.10. The van der Waals surface area contributed by atoms with Gasteiger partial charge in [0.1, 0.15) is 0 Å². The summed E-state index contributed by atoms with van der Waals surface area (Å²) in [6.45, 7) is -2.17. The summed E-state index contributed by atoms with van der Waals surface area (Å²) in [5.41, 5.74) is 0. The third-order valence-corrected chi connectivity index (χ3v) is 1.03. The molecule has 0 saturated heterocycles. The van der Waals surface area contributed by atoms with Gasteiger partial charge in [-0.2, -0.15) is 22.0 Å². The summed E-state index contributed by atoms with van der Waals surface area (Å²) in [5.74, 6) is 0. The molecule has 1 unspecified atom stereocenters. The van der Waals surface area contributed by atoms with Crippen LogP contribution in [0, 0.1) is 0 Å². The average molecular weight is 232 g/mol. The van der Waals surface area contributed by atoms with Crippen LogP contribution in [0.4, 0.5) is 35.1 Å². The van der Waals surface area contributed by atoms with Gasteiger partial charge >= 0.3 is 18.7 Å². The molecule has 0 aromatic carbocycles. The van der Waals surface area contributed by atoms with E-state index in [4.69, 9.17) is 0 Å². The summed E-state index contributed by atoms with van der Waals surface area (Å²) in [5, 5.41) is 0. The SMILES string of the molecule is FC(COC(F)(F)C(F)F)C(F)(F)F. The molecule has 14 heavy (non-hydrogen) atoms. The van der Waals surface area contributed by atoms with Gasteiger partial charge in [-0.3, -0.25) is 0 Å². The molecule has 0 aliphatic carbocycles. The first-order chi connectivity index (χ1) is 6.07. The van der Waals surface area contributed by atoms with Crippen molar-refractivity contribution in [3.8, 4) is 0 Å². The van der Waals surface area contributed by atoms with Gasteiger partial charge in [0, 0.05) is 0 Å². The highest BCUT2D eigenvalue weighted by molar-refractivity contribution is 4.66. The van der Waals surface area contributed by atoms with Crippen molar-refractivity contribution in [2.45, 2.75) is 24.9 Å². The lowest BCUT2D eigenvalue weighted by atomic mass is 10.4. The molecule has 0 aromatic rings. The van der Waals surface area contributed by atoms with Gasteiger partial charge in [-0.05, 0) is 0 Å². The van der Waals surface area contributed by atoms with Crippen LogP contribution in [0.5, 0.6) is 0 Å². The molecule has 0 saturated carbocycles. The minimum absolute atomic E-state index is 2.17. The zero-order valence-electron chi connectivity index (χ0n) is 6.29. The maximum atomic E-state index is 11.9. The van der Waals surface area contributed by atoms with Gasteiger partial charge in [-0.15, -0.1) is 0 Å². The highest BCUT2D eigenvalue weighted by Gasteiger charge is 2.47.